The maximum absolute atomic E-state index is 6.04. The standard InChI is InChI=1S/C12H18O/c1-2-13-12-7-6-9(8-12)10-4-3-5-11(10)12/h3,5,9-11H,2,4,6-8H2,1H3. The summed E-state index contributed by atoms with van der Waals surface area (Å²) in [5.74, 6) is 2.69. The molecule has 0 aromatic heterocycles. The van der Waals surface area contributed by atoms with Crippen LogP contribution in [0.15, 0.2) is 12.2 Å². The lowest BCUT2D eigenvalue weighted by Gasteiger charge is -2.34. The van der Waals surface area contributed by atoms with Gasteiger partial charge in [-0.3, -0.25) is 0 Å². The van der Waals surface area contributed by atoms with Crippen molar-refractivity contribution < 1.29 is 4.74 Å². The van der Waals surface area contributed by atoms with Gasteiger partial charge in [-0.25, -0.2) is 0 Å². The van der Waals surface area contributed by atoms with Gasteiger partial charge in [0.2, 0.25) is 0 Å². The molecular weight excluding hydrogens is 160 g/mol. The normalized spacial score (nSPS) is 51.6. The molecule has 4 unspecified atom stereocenters. The number of ether oxygens (including phenoxy) is 1. The molecule has 72 valence electrons. The Labute approximate surface area is 80.2 Å². The van der Waals surface area contributed by atoms with E-state index in [0.29, 0.717) is 0 Å². The molecular formula is C12H18O. The molecule has 0 aromatic carbocycles. The summed E-state index contributed by atoms with van der Waals surface area (Å²) in [6.07, 6.45) is 10.2. The Hall–Kier alpha value is -0.300. The molecule has 2 bridgehead atoms. The van der Waals surface area contributed by atoms with Gasteiger partial charge in [0.1, 0.15) is 0 Å². The van der Waals surface area contributed by atoms with E-state index in [1.807, 2.05) is 0 Å². The van der Waals surface area contributed by atoms with Crippen LogP contribution >= 0.6 is 0 Å². The first-order valence-corrected chi connectivity index (χ1v) is 5.66. The van der Waals surface area contributed by atoms with E-state index in [2.05, 4.69) is 19.1 Å². The molecule has 3 aliphatic carbocycles. The second kappa shape index (κ2) is 2.60. The molecule has 0 radical (unpaired) electrons. The van der Waals surface area contributed by atoms with Crippen molar-refractivity contribution in [2.45, 2.75) is 38.2 Å². The fraction of sp³-hybridized carbons (Fsp3) is 0.833. The second-order valence-corrected chi connectivity index (χ2v) is 4.85. The Balaban J connectivity index is 1.91. The summed E-state index contributed by atoms with van der Waals surface area (Å²) in [5, 5.41) is 0. The average Bonchev–Trinajstić information content (AvgIpc) is 2.73. The van der Waals surface area contributed by atoms with Crippen LogP contribution in [-0.4, -0.2) is 12.2 Å². The van der Waals surface area contributed by atoms with E-state index in [0.717, 1.165) is 24.4 Å². The van der Waals surface area contributed by atoms with Crippen LogP contribution in [0, 0.1) is 17.8 Å². The predicted molar refractivity (Wildman–Crippen MR) is 52.4 cm³/mol. The van der Waals surface area contributed by atoms with Gasteiger partial charge in [0.05, 0.1) is 5.60 Å². The first-order valence-electron chi connectivity index (χ1n) is 5.66. The van der Waals surface area contributed by atoms with E-state index in [9.17, 15) is 0 Å². The van der Waals surface area contributed by atoms with E-state index >= 15 is 0 Å². The number of fused-ring (bicyclic) bond motifs is 5. The Morgan fingerprint density at radius 1 is 1.54 bits per heavy atom. The molecule has 0 aliphatic heterocycles. The van der Waals surface area contributed by atoms with Gasteiger partial charge in [0.15, 0.2) is 0 Å². The van der Waals surface area contributed by atoms with Crippen LogP contribution in [0.3, 0.4) is 0 Å². The minimum absolute atomic E-state index is 0.275. The van der Waals surface area contributed by atoms with E-state index in [4.69, 9.17) is 4.74 Å². The minimum Gasteiger partial charge on any atom is -0.375 e. The third-order valence-electron chi connectivity index (χ3n) is 4.40. The zero-order chi connectivity index (χ0) is 8.89. The lowest BCUT2D eigenvalue weighted by molar-refractivity contribution is -0.0599. The topological polar surface area (TPSA) is 9.23 Å². The highest BCUT2D eigenvalue weighted by atomic mass is 16.5. The lowest BCUT2D eigenvalue weighted by Crippen LogP contribution is -2.36. The van der Waals surface area contributed by atoms with Crippen molar-refractivity contribution in [3.8, 4) is 0 Å². The van der Waals surface area contributed by atoms with Gasteiger partial charge < -0.3 is 4.74 Å². The summed E-state index contributed by atoms with van der Waals surface area (Å²) < 4.78 is 6.04. The molecule has 1 nitrogen and oxygen atoms in total. The van der Waals surface area contributed by atoms with E-state index in [1.165, 1.54) is 25.7 Å². The summed E-state index contributed by atoms with van der Waals surface area (Å²) in [7, 11) is 0. The molecule has 0 N–H and O–H groups in total. The molecule has 1 heteroatoms. The maximum Gasteiger partial charge on any atom is 0.0750 e. The molecule has 0 amide bonds. The van der Waals surface area contributed by atoms with Crippen LogP contribution in [0.25, 0.3) is 0 Å². The van der Waals surface area contributed by atoms with Gasteiger partial charge in [-0.05, 0) is 44.4 Å². The van der Waals surface area contributed by atoms with Crippen molar-refractivity contribution >= 4 is 0 Å². The first-order chi connectivity index (χ1) is 6.36. The van der Waals surface area contributed by atoms with Crippen molar-refractivity contribution in [3.63, 3.8) is 0 Å². The second-order valence-electron chi connectivity index (χ2n) is 4.85. The first kappa shape index (κ1) is 8.05. The van der Waals surface area contributed by atoms with Crippen LogP contribution in [-0.2, 0) is 4.74 Å². The zero-order valence-electron chi connectivity index (χ0n) is 8.33. The molecule has 3 rings (SSSR count). The highest BCUT2D eigenvalue weighted by Crippen LogP contribution is 2.60. The number of allylic oxidation sites excluding steroid dienone is 1. The molecule has 4 atom stereocenters. The van der Waals surface area contributed by atoms with E-state index in [-0.39, 0.29) is 5.60 Å². The average molecular weight is 178 g/mol. The molecule has 2 fully saturated rings. The lowest BCUT2D eigenvalue weighted by atomic mass is 9.79. The largest absolute Gasteiger partial charge is 0.375 e. The molecule has 2 saturated carbocycles. The Bertz CT molecular complexity index is 246. The third-order valence-corrected chi connectivity index (χ3v) is 4.40. The number of rotatable bonds is 2. The van der Waals surface area contributed by atoms with Gasteiger partial charge in [-0.2, -0.15) is 0 Å². The number of hydrogen-bond acceptors (Lipinski definition) is 1. The summed E-state index contributed by atoms with van der Waals surface area (Å²) >= 11 is 0. The summed E-state index contributed by atoms with van der Waals surface area (Å²) in [6.45, 7) is 3.03. The van der Waals surface area contributed by atoms with Crippen molar-refractivity contribution in [2.24, 2.45) is 17.8 Å². The van der Waals surface area contributed by atoms with Crippen molar-refractivity contribution in [3.05, 3.63) is 12.2 Å². The fourth-order valence-corrected chi connectivity index (χ4v) is 3.98. The molecule has 0 aromatic rings. The highest BCUT2D eigenvalue weighted by Gasteiger charge is 2.58. The molecule has 0 saturated heterocycles. The summed E-state index contributed by atoms with van der Waals surface area (Å²) in [4.78, 5) is 0. The van der Waals surface area contributed by atoms with Crippen LogP contribution in [0.5, 0.6) is 0 Å². The Kier molecular flexibility index (Phi) is 1.61. The molecule has 0 spiro atoms. The predicted octanol–water partition coefficient (Wildman–Crippen LogP) is 2.77. The summed E-state index contributed by atoms with van der Waals surface area (Å²) in [6, 6.07) is 0. The highest BCUT2D eigenvalue weighted by molar-refractivity contribution is 5.19. The minimum atomic E-state index is 0.275. The monoisotopic (exact) mass is 178 g/mol. The van der Waals surface area contributed by atoms with Crippen molar-refractivity contribution in [1.82, 2.24) is 0 Å². The zero-order valence-corrected chi connectivity index (χ0v) is 8.33. The third kappa shape index (κ3) is 0.914. The summed E-state index contributed by atoms with van der Waals surface area (Å²) in [5.41, 5.74) is 0.275. The van der Waals surface area contributed by atoms with E-state index in [1.54, 1.807) is 0 Å². The smallest absolute Gasteiger partial charge is 0.0750 e. The molecule has 0 heterocycles. The van der Waals surface area contributed by atoms with Crippen molar-refractivity contribution in [1.29, 1.82) is 0 Å². The van der Waals surface area contributed by atoms with Crippen LogP contribution in [0.1, 0.15) is 32.6 Å². The van der Waals surface area contributed by atoms with Gasteiger partial charge in [0, 0.05) is 12.5 Å². The van der Waals surface area contributed by atoms with Crippen LogP contribution in [0.2, 0.25) is 0 Å². The van der Waals surface area contributed by atoms with Gasteiger partial charge in [0.25, 0.3) is 0 Å². The maximum atomic E-state index is 6.04. The molecule has 13 heavy (non-hydrogen) atoms. The Morgan fingerprint density at radius 2 is 2.46 bits per heavy atom. The van der Waals surface area contributed by atoms with Crippen LogP contribution < -0.4 is 0 Å². The van der Waals surface area contributed by atoms with Crippen LogP contribution in [0.4, 0.5) is 0 Å². The number of hydrogen-bond donors (Lipinski definition) is 0. The quantitative estimate of drug-likeness (QED) is 0.591. The Morgan fingerprint density at radius 3 is 3.31 bits per heavy atom. The van der Waals surface area contributed by atoms with Crippen molar-refractivity contribution in [2.75, 3.05) is 6.61 Å². The molecule has 3 aliphatic rings. The van der Waals surface area contributed by atoms with Gasteiger partial charge >= 0.3 is 0 Å². The van der Waals surface area contributed by atoms with Gasteiger partial charge in [-0.15, -0.1) is 0 Å². The fourth-order valence-electron chi connectivity index (χ4n) is 3.98. The van der Waals surface area contributed by atoms with E-state index < -0.39 is 0 Å². The van der Waals surface area contributed by atoms with Gasteiger partial charge in [-0.1, -0.05) is 12.2 Å². The SMILES string of the molecule is CCOC12CCC(C1)C1CC=CC12.